The van der Waals surface area contributed by atoms with Crippen LogP contribution >= 0.6 is 0 Å². The van der Waals surface area contributed by atoms with E-state index < -0.39 is 24.3 Å². The van der Waals surface area contributed by atoms with Crippen LogP contribution in [0.15, 0.2) is 24.5 Å². The Bertz CT molecular complexity index is 1200. The molecule has 11 heteroatoms. The third kappa shape index (κ3) is 4.20. The highest BCUT2D eigenvalue weighted by Gasteiger charge is 2.43. The van der Waals surface area contributed by atoms with Crippen molar-refractivity contribution >= 4 is 23.5 Å². The van der Waals surface area contributed by atoms with Gasteiger partial charge < -0.3 is 15.4 Å². The summed E-state index contributed by atoms with van der Waals surface area (Å²) in [5, 5.41) is 13.3. The number of aromatic amines is 1. The fourth-order valence-electron chi connectivity index (χ4n) is 4.71. The van der Waals surface area contributed by atoms with Gasteiger partial charge in [-0.25, -0.2) is 19.2 Å². The van der Waals surface area contributed by atoms with Gasteiger partial charge in [-0.15, -0.1) is 0 Å². The average molecular weight is 469 g/mol. The summed E-state index contributed by atoms with van der Waals surface area (Å²) in [6, 6.07) is 3.66. The predicted octanol–water partition coefficient (Wildman–Crippen LogP) is 3.26. The quantitative estimate of drug-likeness (QED) is 0.488. The lowest BCUT2D eigenvalue weighted by Gasteiger charge is -2.29. The predicted molar refractivity (Wildman–Crippen MR) is 123 cm³/mol. The smallest absolute Gasteiger partial charge is 0.407 e. The van der Waals surface area contributed by atoms with E-state index in [1.807, 2.05) is 23.6 Å². The highest BCUT2D eigenvalue weighted by molar-refractivity contribution is 5.69. The number of hydrogen-bond acceptors (Lipinski definition) is 7. The summed E-state index contributed by atoms with van der Waals surface area (Å²) in [5.41, 5.74) is 2.29. The first kappa shape index (κ1) is 21.3. The molecular weight excluding hydrogens is 439 g/mol. The number of H-pyrrole nitrogens is 1. The number of amides is 1. The molecule has 4 heterocycles. The Balaban J connectivity index is 1.11. The number of aromatic nitrogens is 5. The zero-order valence-corrected chi connectivity index (χ0v) is 19.1. The van der Waals surface area contributed by atoms with Gasteiger partial charge in [0.25, 0.3) is 0 Å². The number of alkyl carbamates (subject to hydrolysis) is 1. The number of nitrogens with zero attached hydrogens (tertiary/aromatic N) is 5. The Kier molecular flexibility index (Phi) is 5.16. The molecule has 6 rings (SSSR count). The van der Waals surface area contributed by atoms with E-state index in [0.29, 0.717) is 30.3 Å². The van der Waals surface area contributed by atoms with E-state index in [1.165, 1.54) is 6.42 Å². The molecule has 0 radical (unpaired) electrons. The number of fused-ring (bicyclic) bond motifs is 1. The molecule has 0 bridgehead atoms. The van der Waals surface area contributed by atoms with Crippen molar-refractivity contribution in [3.05, 3.63) is 35.9 Å². The van der Waals surface area contributed by atoms with Crippen LogP contribution in [0.3, 0.4) is 0 Å². The number of carbonyl (C=O) groups excluding carboxylic acids is 1. The zero-order valence-electron chi connectivity index (χ0n) is 19.1. The van der Waals surface area contributed by atoms with Crippen molar-refractivity contribution in [2.45, 2.75) is 69.3 Å². The summed E-state index contributed by atoms with van der Waals surface area (Å²) in [4.78, 5) is 23.6. The lowest BCUT2D eigenvalue weighted by molar-refractivity contribution is 0.0546. The second kappa shape index (κ2) is 8.23. The molecule has 0 unspecified atom stereocenters. The van der Waals surface area contributed by atoms with Crippen molar-refractivity contribution in [2.24, 2.45) is 0 Å². The summed E-state index contributed by atoms with van der Waals surface area (Å²) in [5.74, 6) is 0.731. The number of imidazole rings is 1. The van der Waals surface area contributed by atoms with Gasteiger partial charge in [-0.2, -0.15) is 5.10 Å². The standard InChI is InChI=1S/C23H29FN8O2/c1-23(6-7-23)28-22(33)34-17-4-3-15(20(17)24)16-11-18(30-29-16)27-21-25-8-5-19-26-14(13-32(19)21)12-31-9-2-10-31/h5,8,11,13,15,17,20H,2-4,6-7,9-10,12H2,1H3,(H,28,33)(H2,25,27,29,30)/t15-,17-,20-/m1/s1. The Morgan fingerprint density at radius 1 is 1.35 bits per heavy atom. The molecule has 3 atom stereocenters. The monoisotopic (exact) mass is 468 g/mol. The van der Waals surface area contributed by atoms with Crippen LogP contribution in [0, 0.1) is 0 Å². The molecule has 34 heavy (non-hydrogen) atoms. The van der Waals surface area contributed by atoms with E-state index in [4.69, 9.17) is 4.74 Å². The minimum Gasteiger partial charge on any atom is -0.443 e. The summed E-state index contributed by atoms with van der Waals surface area (Å²) in [6.45, 7) is 5.01. The highest BCUT2D eigenvalue weighted by atomic mass is 19.1. The largest absolute Gasteiger partial charge is 0.443 e. The lowest BCUT2D eigenvalue weighted by atomic mass is 10.0. The van der Waals surface area contributed by atoms with Gasteiger partial charge in [-0.3, -0.25) is 14.4 Å². The number of rotatable bonds is 7. The van der Waals surface area contributed by atoms with Crippen LogP contribution in [0.5, 0.6) is 0 Å². The fraction of sp³-hybridized carbons (Fsp3) is 0.565. The van der Waals surface area contributed by atoms with Crippen LogP contribution in [-0.2, 0) is 11.3 Å². The zero-order chi connectivity index (χ0) is 23.3. The molecule has 10 nitrogen and oxygen atoms in total. The number of nitrogens with one attached hydrogen (secondary N) is 3. The van der Waals surface area contributed by atoms with Crippen LogP contribution in [0.4, 0.5) is 21.0 Å². The van der Waals surface area contributed by atoms with Crippen molar-refractivity contribution in [1.29, 1.82) is 0 Å². The SMILES string of the molecule is CC1(NC(=O)O[C@@H]2CC[C@H](c3cc(Nc4nccc5nc(CN6CCC6)cn45)n[nH]3)[C@H]2F)CC1. The summed E-state index contributed by atoms with van der Waals surface area (Å²) in [6.07, 6.45) is 5.27. The molecule has 3 aromatic rings. The molecule has 0 aromatic carbocycles. The van der Waals surface area contributed by atoms with Crippen LogP contribution in [0.25, 0.3) is 5.65 Å². The van der Waals surface area contributed by atoms with E-state index in [1.54, 1.807) is 12.3 Å². The number of alkyl halides is 1. The average Bonchev–Trinajstić information content (AvgIpc) is 3.14. The molecule has 3 aliphatic rings. The van der Waals surface area contributed by atoms with E-state index >= 15 is 4.39 Å². The van der Waals surface area contributed by atoms with Crippen LogP contribution < -0.4 is 10.6 Å². The Morgan fingerprint density at radius 2 is 2.21 bits per heavy atom. The summed E-state index contributed by atoms with van der Waals surface area (Å²) in [7, 11) is 0. The third-order valence-electron chi connectivity index (χ3n) is 7.17. The molecule has 1 aliphatic heterocycles. The molecule has 2 saturated carbocycles. The van der Waals surface area contributed by atoms with E-state index in [9.17, 15) is 4.79 Å². The van der Waals surface area contributed by atoms with Crippen molar-refractivity contribution in [3.63, 3.8) is 0 Å². The summed E-state index contributed by atoms with van der Waals surface area (Å²) < 4.78 is 22.4. The van der Waals surface area contributed by atoms with Gasteiger partial charge >= 0.3 is 6.09 Å². The Hall–Kier alpha value is -3.21. The molecule has 3 N–H and O–H groups in total. The third-order valence-corrected chi connectivity index (χ3v) is 7.17. The number of halogens is 1. The van der Waals surface area contributed by atoms with Gasteiger partial charge in [0.1, 0.15) is 17.9 Å². The molecule has 3 fully saturated rings. The van der Waals surface area contributed by atoms with Crippen LogP contribution in [0.2, 0.25) is 0 Å². The number of hydrogen-bond donors (Lipinski definition) is 3. The second-order valence-corrected chi connectivity index (χ2v) is 9.95. The van der Waals surface area contributed by atoms with Crippen molar-refractivity contribution in [2.75, 3.05) is 18.4 Å². The molecule has 3 aromatic heterocycles. The number of anilines is 2. The minimum atomic E-state index is -1.29. The first-order chi connectivity index (χ1) is 16.5. The van der Waals surface area contributed by atoms with Gasteiger partial charge in [-0.1, -0.05) is 0 Å². The normalized spacial score (nSPS) is 25.8. The van der Waals surface area contributed by atoms with Crippen molar-refractivity contribution in [3.8, 4) is 0 Å². The second-order valence-electron chi connectivity index (χ2n) is 9.95. The highest BCUT2D eigenvalue weighted by Crippen LogP contribution is 2.39. The van der Waals surface area contributed by atoms with Crippen LogP contribution in [0.1, 0.15) is 56.3 Å². The first-order valence-corrected chi connectivity index (χ1v) is 12.0. The van der Waals surface area contributed by atoms with Gasteiger partial charge in [0.15, 0.2) is 5.82 Å². The molecule has 2 aliphatic carbocycles. The molecule has 1 saturated heterocycles. The molecule has 1 amide bonds. The topological polar surface area (TPSA) is 112 Å². The maximum Gasteiger partial charge on any atom is 0.407 e. The van der Waals surface area contributed by atoms with Gasteiger partial charge in [0.05, 0.1) is 5.69 Å². The van der Waals surface area contributed by atoms with Gasteiger partial charge in [0, 0.05) is 42.2 Å². The number of ether oxygens (including phenoxy) is 1. The molecular formula is C23H29FN8O2. The van der Waals surface area contributed by atoms with Crippen molar-refractivity contribution in [1.82, 2.24) is 34.8 Å². The van der Waals surface area contributed by atoms with E-state index in [2.05, 4.69) is 35.7 Å². The minimum absolute atomic E-state index is 0.188. The van der Waals surface area contributed by atoms with Crippen LogP contribution in [-0.4, -0.2) is 66.5 Å². The number of carbonyl (C=O) groups is 1. The van der Waals surface area contributed by atoms with E-state index in [-0.39, 0.29) is 5.54 Å². The Labute approximate surface area is 196 Å². The maximum absolute atomic E-state index is 15.1. The summed E-state index contributed by atoms with van der Waals surface area (Å²) >= 11 is 0. The number of likely N-dealkylation sites (tertiary alicyclic amines) is 1. The first-order valence-electron chi connectivity index (χ1n) is 12.0. The van der Waals surface area contributed by atoms with Crippen molar-refractivity contribution < 1.29 is 13.9 Å². The van der Waals surface area contributed by atoms with Gasteiger partial charge in [-0.05, 0) is 58.2 Å². The van der Waals surface area contributed by atoms with E-state index in [0.717, 1.165) is 43.8 Å². The fourth-order valence-corrected chi connectivity index (χ4v) is 4.71. The molecule has 0 spiro atoms. The maximum atomic E-state index is 15.1. The van der Waals surface area contributed by atoms with Gasteiger partial charge in [0.2, 0.25) is 5.95 Å². The molecule has 180 valence electrons. The Morgan fingerprint density at radius 3 is 2.97 bits per heavy atom. The lowest BCUT2D eigenvalue weighted by Crippen LogP contribution is -2.38.